The minimum absolute atomic E-state index is 0.0213. The molecule has 2 atom stereocenters. The summed E-state index contributed by atoms with van der Waals surface area (Å²) in [6, 6.07) is 57.3. The molecule has 1 saturated carbocycles. The zero-order valence-corrected chi connectivity index (χ0v) is 44.6. The van der Waals surface area contributed by atoms with Crippen LogP contribution in [0.3, 0.4) is 0 Å². The van der Waals surface area contributed by atoms with Crippen molar-refractivity contribution in [2.24, 2.45) is 0 Å². The van der Waals surface area contributed by atoms with Crippen molar-refractivity contribution < 1.29 is 0 Å². The van der Waals surface area contributed by atoms with Crippen LogP contribution in [0.4, 0.5) is 45.5 Å². The molecule has 0 spiro atoms. The Morgan fingerprint density at radius 3 is 1.53 bits per heavy atom. The average Bonchev–Trinajstić information content (AvgIpc) is 3.53. The normalized spacial score (nSPS) is 19.4. The van der Waals surface area contributed by atoms with Gasteiger partial charge in [-0.1, -0.05) is 188 Å². The maximum atomic E-state index is 2.90. The number of hydrogen-bond donors (Lipinski definition) is 0. The van der Waals surface area contributed by atoms with Crippen molar-refractivity contribution in [3.8, 4) is 11.1 Å². The van der Waals surface area contributed by atoms with Crippen LogP contribution in [0, 0.1) is 0 Å². The fourth-order valence-corrected chi connectivity index (χ4v) is 12.8. The number of fused-ring (bicyclic) bond motifs is 7. The minimum atomic E-state index is -0.144. The van der Waals surface area contributed by atoms with Crippen LogP contribution in [-0.4, -0.2) is 12.3 Å². The second-order valence-electron chi connectivity index (χ2n) is 25.9. The van der Waals surface area contributed by atoms with Gasteiger partial charge in [0.2, 0.25) is 0 Å². The summed E-state index contributed by atoms with van der Waals surface area (Å²) in [4.78, 5) is 8.06. The summed E-state index contributed by atoms with van der Waals surface area (Å²) in [5, 5.41) is 0. The molecular formula is C66H74BN3. The summed E-state index contributed by atoms with van der Waals surface area (Å²) in [7, 11) is 0. The first kappa shape index (κ1) is 46.4. The molecule has 3 nitrogen and oxygen atoms in total. The zero-order chi connectivity index (χ0) is 49.5. The highest BCUT2D eigenvalue weighted by Crippen LogP contribution is 2.63. The van der Waals surface area contributed by atoms with E-state index < -0.39 is 0 Å². The number of anilines is 8. The molecule has 70 heavy (non-hydrogen) atoms. The Kier molecular flexibility index (Phi) is 10.4. The molecule has 7 aromatic carbocycles. The number of benzene rings is 7. The van der Waals surface area contributed by atoms with E-state index in [0.717, 1.165) is 17.8 Å². The van der Waals surface area contributed by atoms with E-state index in [-0.39, 0.29) is 39.3 Å². The van der Waals surface area contributed by atoms with Gasteiger partial charge in [0.25, 0.3) is 6.71 Å². The summed E-state index contributed by atoms with van der Waals surface area (Å²) >= 11 is 0. The van der Waals surface area contributed by atoms with Gasteiger partial charge in [-0.3, -0.25) is 0 Å². The van der Waals surface area contributed by atoms with Crippen LogP contribution in [0.15, 0.2) is 146 Å². The highest BCUT2D eigenvalue weighted by Gasteiger charge is 2.61. The highest BCUT2D eigenvalue weighted by atomic mass is 15.3. The van der Waals surface area contributed by atoms with Crippen molar-refractivity contribution in [1.82, 2.24) is 0 Å². The third-order valence-electron chi connectivity index (χ3n) is 17.2. The van der Waals surface area contributed by atoms with E-state index in [1.807, 2.05) is 0 Å². The van der Waals surface area contributed by atoms with E-state index in [1.165, 1.54) is 109 Å². The molecule has 4 heteroatoms. The van der Waals surface area contributed by atoms with Gasteiger partial charge in [-0.25, -0.2) is 0 Å². The molecule has 0 amide bonds. The average molecular weight is 920 g/mol. The van der Waals surface area contributed by atoms with Crippen molar-refractivity contribution in [1.29, 1.82) is 0 Å². The Morgan fingerprint density at radius 2 is 0.971 bits per heavy atom. The first-order valence-corrected chi connectivity index (χ1v) is 26.3. The predicted octanol–water partition coefficient (Wildman–Crippen LogP) is 16.4. The Morgan fingerprint density at radius 1 is 0.457 bits per heavy atom. The predicted molar refractivity (Wildman–Crippen MR) is 304 cm³/mol. The van der Waals surface area contributed by atoms with Gasteiger partial charge in [0.05, 0.1) is 11.2 Å². The minimum Gasteiger partial charge on any atom is -0.335 e. The van der Waals surface area contributed by atoms with Crippen molar-refractivity contribution in [3.63, 3.8) is 0 Å². The van der Waals surface area contributed by atoms with E-state index in [1.54, 1.807) is 0 Å². The van der Waals surface area contributed by atoms with E-state index in [0.29, 0.717) is 0 Å². The van der Waals surface area contributed by atoms with Gasteiger partial charge >= 0.3 is 0 Å². The smallest absolute Gasteiger partial charge is 0.252 e. The Bertz CT molecular complexity index is 3100. The lowest BCUT2D eigenvalue weighted by Gasteiger charge is -2.53. The van der Waals surface area contributed by atoms with Crippen LogP contribution in [0.1, 0.15) is 150 Å². The number of hydrogen-bond acceptors (Lipinski definition) is 3. The third-order valence-corrected chi connectivity index (χ3v) is 17.2. The molecule has 1 fully saturated rings. The molecule has 2 unspecified atom stereocenters. The number of nitrogens with zero attached hydrogens (tertiary/aromatic N) is 3. The van der Waals surface area contributed by atoms with E-state index in [9.17, 15) is 0 Å². The van der Waals surface area contributed by atoms with Gasteiger partial charge in [0, 0.05) is 45.2 Å². The van der Waals surface area contributed by atoms with Gasteiger partial charge in [0.15, 0.2) is 0 Å². The zero-order valence-electron chi connectivity index (χ0n) is 44.6. The molecule has 3 heterocycles. The second kappa shape index (κ2) is 15.8. The Labute approximate surface area is 421 Å². The van der Waals surface area contributed by atoms with Crippen molar-refractivity contribution >= 4 is 68.6 Å². The molecule has 0 saturated heterocycles. The summed E-state index contributed by atoms with van der Waals surface area (Å²) in [5.74, 6) is 0. The first-order chi connectivity index (χ1) is 33.0. The monoisotopic (exact) mass is 920 g/mol. The van der Waals surface area contributed by atoms with Crippen molar-refractivity contribution in [2.45, 2.75) is 155 Å². The van der Waals surface area contributed by atoms with Gasteiger partial charge < -0.3 is 14.7 Å². The molecule has 11 rings (SSSR count). The maximum absolute atomic E-state index is 2.90. The first-order valence-electron chi connectivity index (χ1n) is 26.3. The SMILES string of the molecule is CC(C)(C)c1ccc(N(c2ccc(C(C)(C)C)cc2)c2cc3c4c(c2)N2c5c(cc(-c6ccccc6)cc5C5(C)CCCCC25C)B4c2cc(C(C)(C)C)ccc2N3c2ccc(C(C)(C)C)cc2)cc1. The van der Waals surface area contributed by atoms with Gasteiger partial charge in [-0.15, -0.1) is 0 Å². The van der Waals surface area contributed by atoms with Crippen LogP contribution in [0.2, 0.25) is 0 Å². The number of rotatable bonds is 5. The van der Waals surface area contributed by atoms with Crippen LogP contribution < -0.4 is 31.1 Å². The maximum Gasteiger partial charge on any atom is 0.252 e. The van der Waals surface area contributed by atoms with Crippen LogP contribution in [-0.2, 0) is 27.1 Å². The van der Waals surface area contributed by atoms with E-state index >= 15 is 0 Å². The molecule has 1 aliphatic carbocycles. The van der Waals surface area contributed by atoms with Gasteiger partial charge in [-0.2, -0.15) is 0 Å². The molecule has 0 bridgehead atoms. The quantitative estimate of drug-likeness (QED) is 0.159. The molecule has 356 valence electrons. The summed E-state index contributed by atoms with van der Waals surface area (Å²) in [6.07, 6.45) is 4.77. The molecular weight excluding hydrogens is 846 g/mol. The lowest BCUT2D eigenvalue weighted by molar-refractivity contribution is 0.195. The molecule has 0 radical (unpaired) electrons. The summed E-state index contributed by atoms with van der Waals surface area (Å²) in [5.41, 5.74) is 23.6. The summed E-state index contributed by atoms with van der Waals surface area (Å²) < 4.78 is 0. The van der Waals surface area contributed by atoms with E-state index in [4.69, 9.17) is 0 Å². The van der Waals surface area contributed by atoms with Crippen LogP contribution >= 0.6 is 0 Å². The third kappa shape index (κ3) is 7.20. The van der Waals surface area contributed by atoms with E-state index in [2.05, 4.69) is 257 Å². The molecule has 3 aliphatic heterocycles. The van der Waals surface area contributed by atoms with Crippen LogP contribution in [0.5, 0.6) is 0 Å². The molecule has 4 aliphatic rings. The van der Waals surface area contributed by atoms with Gasteiger partial charge in [-0.05, 0) is 157 Å². The largest absolute Gasteiger partial charge is 0.335 e. The summed E-state index contributed by atoms with van der Waals surface area (Å²) in [6.45, 7) is 33.2. The lowest BCUT2D eigenvalue weighted by atomic mass is 9.33. The second-order valence-corrected chi connectivity index (χ2v) is 25.9. The van der Waals surface area contributed by atoms with Crippen molar-refractivity contribution in [2.75, 3.05) is 14.7 Å². The topological polar surface area (TPSA) is 9.72 Å². The fourth-order valence-electron chi connectivity index (χ4n) is 12.8. The Balaban J connectivity index is 1.27. The van der Waals surface area contributed by atoms with Crippen LogP contribution in [0.25, 0.3) is 11.1 Å². The molecule has 0 aromatic heterocycles. The Hall–Kier alpha value is -6.00. The lowest BCUT2D eigenvalue weighted by Crippen LogP contribution is -2.64. The molecule has 0 N–H and O–H groups in total. The fraction of sp³-hybridized carbons (Fsp3) is 0.364. The van der Waals surface area contributed by atoms with Crippen molar-refractivity contribution in [3.05, 3.63) is 173 Å². The standard InChI is InChI=1S/C66H74BN3/c1-61(2,3)45-22-29-49(30-23-45)68(50-31-24-46(25-32-50)62(4,5)6)52-41-57-59-58(42-52)70-60-53(65(13)36-18-19-37-66(65,70)14)38-44(43-20-16-15-17-21-43)39-55(60)67(59)54-40-48(64(10,11)12)28-35-56(54)69(57)51-33-26-47(27-34-51)63(7,8)9/h15-17,20-35,38-42H,18-19,36-37H2,1-14H3. The highest BCUT2D eigenvalue weighted by molar-refractivity contribution is 7.00. The van der Waals surface area contributed by atoms with Gasteiger partial charge in [0.1, 0.15) is 0 Å². The molecule has 7 aromatic rings.